The third kappa shape index (κ3) is 2.66. The van der Waals surface area contributed by atoms with Crippen molar-refractivity contribution in [3.05, 3.63) is 0 Å². The highest BCUT2D eigenvalue weighted by atomic mass is 32.2. The van der Waals surface area contributed by atoms with Crippen molar-refractivity contribution in [3.8, 4) is 0 Å². The van der Waals surface area contributed by atoms with Crippen molar-refractivity contribution in [3.63, 3.8) is 0 Å². The monoisotopic (exact) mass is 310 g/mol. The summed E-state index contributed by atoms with van der Waals surface area (Å²) in [6, 6.07) is 0. The van der Waals surface area contributed by atoms with E-state index in [9.17, 15) is 5.11 Å². The minimum atomic E-state index is -0.186. The molecule has 2 heterocycles. The van der Waals surface area contributed by atoms with E-state index in [1.807, 2.05) is 0 Å². The molecule has 3 nitrogen and oxygen atoms in total. The van der Waals surface area contributed by atoms with E-state index in [2.05, 4.69) is 28.6 Å². The van der Waals surface area contributed by atoms with Gasteiger partial charge in [0.2, 0.25) is 0 Å². The van der Waals surface area contributed by atoms with Gasteiger partial charge in [-0.05, 0) is 44.6 Å². The zero-order chi connectivity index (χ0) is 14.4. The zero-order valence-corrected chi connectivity index (χ0v) is 14.1. The first-order chi connectivity index (χ1) is 10.2. The van der Waals surface area contributed by atoms with E-state index in [-0.39, 0.29) is 6.23 Å². The molecule has 21 heavy (non-hydrogen) atoms. The molecule has 4 fully saturated rings. The number of thioether (sulfide) groups is 1. The quantitative estimate of drug-likeness (QED) is 0.848. The van der Waals surface area contributed by atoms with Gasteiger partial charge in [-0.25, -0.2) is 0 Å². The standard InChI is InChI=1S/C17H30N2OS/c1-18-11-19(10-12-6-3-2-4-7-12)16(20)15-13-8-5-9-14(13)21-17(15)18/h12-17,20H,2-11H2,1H3. The van der Waals surface area contributed by atoms with E-state index in [1.165, 1.54) is 51.4 Å². The Kier molecular flexibility index (Phi) is 4.25. The number of aliphatic hydroxyl groups excluding tert-OH is 1. The number of hydrogen-bond donors (Lipinski definition) is 1. The fourth-order valence-electron chi connectivity index (χ4n) is 5.37. The fourth-order valence-corrected chi connectivity index (χ4v) is 7.35. The molecule has 4 heteroatoms. The van der Waals surface area contributed by atoms with E-state index in [0.717, 1.165) is 30.3 Å². The second kappa shape index (κ2) is 6.03. The molecule has 5 unspecified atom stereocenters. The van der Waals surface area contributed by atoms with Crippen LogP contribution in [0.2, 0.25) is 0 Å². The number of nitrogens with zero attached hydrogens (tertiary/aromatic N) is 2. The van der Waals surface area contributed by atoms with E-state index in [0.29, 0.717) is 11.3 Å². The molecule has 4 aliphatic rings. The summed E-state index contributed by atoms with van der Waals surface area (Å²) in [7, 11) is 2.27. The molecule has 0 aromatic carbocycles. The van der Waals surface area contributed by atoms with Crippen LogP contribution in [0.5, 0.6) is 0 Å². The summed E-state index contributed by atoms with van der Waals surface area (Å²) in [5.74, 6) is 2.09. The van der Waals surface area contributed by atoms with Gasteiger partial charge in [0.05, 0.1) is 12.0 Å². The lowest BCUT2D eigenvalue weighted by atomic mass is 9.85. The predicted molar refractivity (Wildman–Crippen MR) is 87.9 cm³/mol. The Labute approximate surface area is 133 Å². The lowest BCUT2D eigenvalue weighted by Crippen LogP contribution is -2.59. The van der Waals surface area contributed by atoms with Gasteiger partial charge >= 0.3 is 0 Å². The first-order valence-electron chi connectivity index (χ1n) is 9.02. The average Bonchev–Trinajstić information content (AvgIpc) is 3.06. The summed E-state index contributed by atoms with van der Waals surface area (Å²) >= 11 is 2.16. The second-order valence-electron chi connectivity index (χ2n) is 7.82. The Morgan fingerprint density at radius 2 is 1.86 bits per heavy atom. The topological polar surface area (TPSA) is 26.7 Å². The largest absolute Gasteiger partial charge is 0.378 e. The van der Waals surface area contributed by atoms with Crippen LogP contribution in [0.3, 0.4) is 0 Å². The minimum Gasteiger partial charge on any atom is -0.378 e. The molecule has 2 aliphatic carbocycles. The van der Waals surface area contributed by atoms with E-state index in [1.54, 1.807) is 0 Å². The maximum absolute atomic E-state index is 11.0. The van der Waals surface area contributed by atoms with Crippen LogP contribution in [-0.4, -0.2) is 52.0 Å². The van der Waals surface area contributed by atoms with E-state index < -0.39 is 0 Å². The molecular formula is C17H30N2OS. The van der Waals surface area contributed by atoms with Crippen molar-refractivity contribution in [1.29, 1.82) is 0 Å². The molecule has 2 saturated carbocycles. The number of hydrogen-bond acceptors (Lipinski definition) is 4. The normalized spacial score (nSPS) is 45.7. The number of rotatable bonds is 2. The maximum Gasteiger partial charge on any atom is 0.113 e. The molecule has 0 bridgehead atoms. The molecule has 4 rings (SSSR count). The van der Waals surface area contributed by atoms with Gasteiger partial charge < -0.3 is 5.11 Å². The molecule has 0 aromatic heterocycles. The summed E-state index contributed by atoms with van der Waals surface area (Å²) in [6.07, 6.45) is 10.9. The lowest BCUT2D eigenvalue weighted by molar-refractivity contribution is -0.129. The van der Waals surface area contributed by atoms with Crippen LogP contribution in [0.1, 0.15) is 51.4 Å². The van der Waals surface area contributed by atoms with Crippen LogP contribution in [0.25, 0.3) is 0 Å². The summed E-state index contributed by atoms with van der Waals surface area (Å²) in [5, 5.41) is 12.4. The van der Waals surface area contributed by atoms with Gasteiger partial charge in [-0.15, -0.1) is 11.8 Å². The van der Waals surface area contributed by atoms with Gasteiger partial charge in [0.15, 0.2) is 0 Å². The highest BCUT2D eigenvalue weighted by Gasteiger charge is 2.54. The molecule has 120 valence electrons. The smallest absolute Gasteiger partial charge is 0.113 e. The van der Waals surface area contributed by atoms with Crippen LogP contribution < -0.4 is 0 Å². The second-order valence-corrected chi connectivity index (χ2v) is 9.19. The lowest BCUT2D eigenvalue weighted by Gasteiger charge is -2.47. The molecule has 0 spiro atoms. The average molecular weight is 311 g/mol. The Morgan fingerprint density at radius 3 is 2.67 bits per heavy atom. The van der Waals surface area contributed by atoms with Gasteiger partial charge in [-0.3, -0.25) is 9.80 Å². The van der Waals surface area contributed by atoms with Gasteiger partial charge in [-0.2, -0.15) is 0 Å². The molecule has 0 radical (unpaired) electrons. The summed E-state index contributed by atoms with van der Waals surface area (Å²) in [6.45, 7) is 2.09. The van der Waals surface area contributed by atoms with Crippen molar-refractivity contribution in [2.24, 2.45) is 17.8 Å². The fraction of sp³-hybridized carbons (Fsp3) is 1.00. The van der Waals surface area contributed by atoms with E-state index >= 15 is 0 Å². The molecular weight excluding hydrogens is 280 g/mol. The van der Waals surface area contributed by atoms with E-state index in [4.69, 9.17) is 0 Å². The zero-order valence-electron chi connectivity index (χ0n) is 13.3. The van der Waals surface area contributed by atoms with Crippen molar-refractivity contribution in [2.75, 3.05) is 20.3 Å². The van der Waals surface area contributed by atoms with Crippen molar-refractivity contribution in [1.82, 2.24) is 9.80 Å². The Hall–Kier alpha value is 0.230. The number of aliphatic hydroxyl groups is 1. The van der Waals surface area contributed by atoms with Crippen molar-refractivity contribution < 1.29 is 5.11 Å². The van der Waals surface area contributed by atoms with Gasteiger partial charge in [0.1, 0.15) is 6.23 Å². The molecule has 5 atom stereocenters. The van der Waals surface area contributed by atoms with Crippen LogP contribution in [0.4, 0.5) is 0 Å². The van der Waals surface area contributed by atoms with Gasteiger partial charge in [0, 0.05) is 17.7 Å². The minimum absolute atomic E-state index is 0.186. The number of fused-ring (bicyclic) bond motifs is 3. The third-order valence-electron chi connectivity index (χ3n) is 6.42. The Bertz CT molecular complexity index is 374. The summed E-state index contributed by atoms with van der Waals surface area (Å²) < 4.78 is 0. The predicted octanol–water partition coefficient (Wildman–Crippen LogP) is 2.95. The highest BCUT2D eigenvalue weighted by molar-refractivity contribution is 8.00. The van der Waals surface area contributed by atoms with Crippen LogP contribution in [0, 0.1) is 17.8 Å². The molecule has 2 saturated heterocycles. The maximum atomic E-state index is 11.0. The highest BCUT2D eigenvalue weighted by Crippen LogP contribution is 2.54. The molecule has 2 aliphatic heterocycles. The summed E-state index contributed by atoms with van der Waals surface area (Å²) in [5.41, 5.74) is 0. The SMILES string of the molecule is CN1CN(CC2CCCCC2)C(O)C2C3CCCC3SC21. The first-order valence-corrected chi connectivity index (χ1v) is 9.96. The van der Waals surface area contributed by atoms with Crippen LogP contribution in [-0.2, 0) is 0 Å². The van der Waals surface area contributed by atoms with Crippen molar-refractivity contribution in [2.45, 2.75) is 68.2 Å². The summed E-state index contributed by atoms with van der Waals surface area (Å²) in [4.78, 5) is 4.92. The van der Waals surface area contributed by atoms with Crippen LogP contribution >= 0.6 is 11.8 Å². The van der Waals surface area contributed by atoms with Gasteiger partial charge in [-0.1, -0.05) is 25.7 Å². The van der Waals surface area contributed by atoms with Crippen LogP contribution in [0.15, 0.2) is 0 Å². The molecule has 0 amide bonds. The van der Waals surface area contributed by atoms with Gasteiger partial charge in [0.25, 0.3) is 0 Å². The first kappa shape index (κ1) is 14.8. The van der Waals surface area contributed by atoms with Crippen molar-refractivity contribution >= 4 is 11.8 Å². The molecule has 0 aromatic rings. The Morgan fingerprint density at radius 1 is 1.05 bits per heavy atom. The third-order valence-corrected chi connectivity index (χ3v) is 8.30. The molecule has 1 N–H and O–H groups in total. The Balaban J connectivity index is 1.46.